The van der Waals surface area contributed by atoms with Gasteiger partial charge in [0.05, 0.1) is 4.90 Å². The Balaban J connectivity index is 2.87. The van der Waals surface area contributed by atoms with Crippen molar-refractivity contribution in [1.29, 1.82) is 0 Å². The molecule has 1 rings (SSSR count). The van der Waals surface area contributed by atoms with Crippen molar-refractivity contribution in [2.24, 2.45) is 0 Å². The van der Waals surface area contributed by atoms with E-state index in [1.54, 1.807) is 26.0 Å². The zero-order chi connectivity index (χ0) is 14.7. The fourth-order valence-corrected chi connectivity index (χ4v) is 3.57. The molecule has 0 atom stereocenters. The molecule has 0 aromatic heterocycles. The second kappa shape index (κ2) is 6.02. The van der Waals surface area contributed by atoms with Crippen molar-refractivity contribution in [2.45, 2.75) is 37.1 Å². The van der Waals surface area contributed by atoms with Crippen LogP contribution in [0.2, 0.25) is 0 Å². The summed E-state index contributed by atoms with van der Waals surface area (Å²) in [7, 11) is -3.66. The maximum Gasteiger partial charge on any atom is 0.303 e. The Morgan fingerprint density at radius 1 is 1.42 bits per heavy atom. The number of aliphatic carboxylic acids is 1. The molecule has 19 heavy (non-hydrogen) atoms. The molecule has 106 valence electrons. The molecule has 7 heteroatoms. The van der Waals surface area contributed by atoms with E-state index in [-0.39, 0.29) is 17.7 Å². The first-order chi connectivity index (χ1) is 8.62. The van der Waals surface area contributed by atoms with Crippen molar-refractivity contribution in [3.05, 3.63) is 28.7 Å². The average Bonchev–Trinajstić information content (AvgIpc) is 2.25. The van der Waals surface area contributed by atoms with Crippen LogP contribution in [0, 0.1) is 0 Å². The number of sulfonamides is 1. The lowest BCUT2D eigenvalue weighted by molar-refractivity contribution is -0.137. The van der Waals surface area contributed by atoms with Gasteiger partial charge in [-0.1, -0.05) is 22.0 Å². The first kappa shape index (κ1) is 16.1. The van der Waals surface area contributed by atoms with Crippen LogP contribution in [0.5, 0.6) is 0 Å². The summed E-state index contributed by atoms with van der Waals surface area (Å²) in [6.07, 6.45) is 0.129. The molecule has 1 aromatic carbocycles. The van der Waals surface area contributed by atoms with Crippen molar-refractivity contribution in [1.82, 2.24) is 4.72 Å². The maximum absolute atomic E-state index is 12.2. The minimum absolute atomic E-state index is 0.0893. The summed E-state index contributed by atoms with van der Waals surface area (Å²) in [5.41, 5.74) is -0.820. The minimum Gasteiger partial charge on any atom is -0.481 e. The van der Waals surface area contributed by atoms with E-state index in [1.807, 2.05) is 0 Å². The van der Waals surface area contributed by atoms with Crippen LogP contribution in [-0.4, -0.2) is 25.0 Å². The molecule has 2 N–H and O–H groups in total. The molecule has 0 saturated carbocycles. The van der Waals surface area contributed by atoms with Crippen molar-refractivity contribution >= 4 is 31.9 Å². The first-order valence-corrected chi connectivity index (χ1v) is 7.91. The van der Waals surface area contributed by atoms with Gasteiger partial charge in [0.2, 0.25) is 10.0 Å². The van der Waals surface area contributed by atoms with Gasteiger partial charge in [0.25, 0.3) is 0 Å². The van der Waals surface area contributed by atoms with Gasteiger partial charge < -0.3 is 5.11 Å². The topological polar surface area (TPSA) is 83.5 Å². The summed E-state index contributed by atoms with van der Waals surface area (Å²) >= 11 is 3.21. The minimum atomic E-state index is -3.66. The molecule has 0 unspecified atom stereocenters. The summed E-state index contributed by atoms with van der Waals surface area (Å²) < 4.78 is 27.5. The smallest absolute Gasteiger partial charge is 0.303 e. The van der Waals surface area contributed by atoms with Gasteiger partial charge >= 0.3 is 5.97 Å². The highest BCUT2D eigenvalue weighted by atomic mass is 79.9. The Bertz CT molecular complexity index is 569. The van der Waals surface area contributed by atoms with Crippen LogP contribution in [0.3, 0.4) is 0 Å². The Hall–Kier alpha value is -0.920. The second-order valence-corrected chi connectivity index (χ2v) is 7.44. The number of halogens is 1. The highest BCUT2D eigenvalue weighted by Gasteiger charge is 2.26. The van der Waals surface area contributed by atoms with E-state index in [0.717, 1.165) is 0 Å². The molecule has 0 aliphatic carbocycles. The van der Waals surface area contributed by atoms with Gasteiger partial charge in [-0.25, -0.2) is 13.1 Å². The molecule has 0 bridgehead atoms. The van der Waals surface area contributed by atoms with Gasteiger partial charge in [-0.05, 0) is 38.5 Å². The highest BCUT2D eigenvalue weighted by molar-refractivity contribution is 9.10. The van der Waals surface area contributed by atoms with E-state index in [2.05, 4.69) is 20.7 Å². The SMILES string of the molecule is CC(C)(CCC(=O)O)NS(=O)(=O)c1cccc(Br)c1. The molecule has 0 saturated heterocycles. The molecule has 0 spiro atoms. The van der Waals surface area contributed by atoms with E-state index in [9.17, 15) is 13.2 Å². The third-order valence-corrected chi connectivity index (χ3v) is 4.67. The fourth-order valence-electron chi connectivity index (χ4n) is 1.53. The quantitative estimate of drug-likeness (QED) is 0.825. The van der Waals surface area contributed by atoms with Gasteiger partial charge in [-0.3, -0.25) is 4.79 Å². The summed E-state index contributed by atoms with van der Waals surface area (Å²) in [4.78, 5) is 10.7. The van der Waals surface area contributed by atoms with Gasteiger partial charge in [0, 0.05) is 16.4 Å². The first-order valence-electron chi connectivity index (χ1n) is 5.64. The Kier molecular flexibility index (Phi) is 5.11. The fraction of sp³-hybridized carbons (Fsp3) is 0.417. The zero-order valence-corrected chi connectivity index (χ0v) is 13.1. The third-order valence-electron chi connectivity index (χ3n) is 2.48. The van der Waals surface area contributed by atoms with Crippen molar-refractivity contribution in [3.63, 3.8) is 0 Å². The van der Waals surface area contributed by atoms with Crippen molar-refractivity contribution in [3.8, 4) is 0 Å². The van der Waals surface area contributed by atoms with Crippen LogP contribution < -0.4 is 4.72 Å². The molecule has 0 radical (unpaired) electrons. The highest BCUT2D eigenvalue weighted by Crippen LogP contribution is 2.20. The van der Waals surface area contributed by atoms with E-state index in [1.165, 1.54) is 12.1 Å². The van der Waals surface area contributed by atoms with Gasteiger partial charge in [0.15, 0.2) is 0 Å². The third kappa shape index (κ3) is 5.30. The summed E-state index contributed by atoms with van der Waals surface area (Å²) in [6.45, 7) is 3.32. The van der Waals surface area contributed by atoms with Crippen molar-refractivity contribution in [2.75, 3.05) is 0 Å². The standard InChI is InChI=1S/C12H16BrNO4S/c1-12(2,7-6-11(15)16)14-19(17,18)10-5-3-4-9(13)8-10/h3-5,8,14H,6-7H2,1-2H3,(H,15,16). The summed E-state index contributed by atoms with van der Waals surface area (Å²) in [5.74, 6) is -0.949. The molecule has 1 aromatic rings. The number of benzene rings is 1. The monoisotopic (exact) mass is 349 g/mol. The number of carboxylic acid groups (broad SMARTS) is 1. The number of nitrogens with one attached hydrogen (secondary N) is 1. The normalized spacial score (nSPS) is 12.4. The van der Waals surface area contributed by atoms with E-state index in [4.69, 9.17) is 5.11 Å². The predicted octanol–water partition coefficient (Wildman–Crippen LogP) is 2.37. The molecule has 0 aliphatic rings. The van der Waals surface area contributed by atoms with Crippen LogP contribution >= 0.6 is 15.9 Å². The Morgan fingerprint density at radius 3 is 2.58 bits per heavy atom. The number of carbonyl (C=O) groups is 1. The van der Waals surface area contributed by atoms with Crippen LogP contribution in [-0.2, 0) is 14.8 Å². The van der Waals surface area contributed by atoms with Crippen LogP contribution in [0.25, 0.3) is 0 Å². The van der Waals surface area contributed by atoms with Crippen molar-refractivity contribution < 1.29 is 18.3 Å². The lowest BCUT2D eigenvalue weighted by atomic mass is 10.0. The molecule has 0 aliphatic heterocycles. The number of hydrogen-bond donors (Lipinski definition) is 2. The van der Waals surface area contributed by atoms with Gasteiger partial charge in [0.1, 0.15) is 0 Å². The van der Waals surface area contributed by atoms with Crippen LogP contribution in [0.4, 0.5) is 0 Å². The van der Waals surface area contributed by atoms with Crippen LogP contribution in [0.15, 0.2) is 33.6 Å². The lowest BCUT2D eigenvalue weighted by Crippen LogP contribution is -2.43. The predicted molar refractivity (Wildman–Crippen MR) is 75.4 cm³/mol. The molecule has 5 nitrogen and oxygen atoms in total. The molecule has 0 heterocycles. The number of hydrogen-bond acceptors (Lipinski definition) is 3. The number of rotatable bonds is 6. The lowest BCUT2D eigenvalue weighted by Gasteiger charge is -2.25. The van der Waals surface area contributed by atoms with Gasteiger partial charge in [-0.15, -0.1) is 0 Å². The van der Waals surface area contributed by atoms with Gasteiger partial charge in [-0.2, -0.15) is 0 Å². The largest absolute Gasteiger partial charge is 0.481 e. The van der Waals surface area contributed by atoms with E-state index in [0.29, 0.717) is 4.47 Å². The molecular weight excluding hydrogens is 334 g/mol. The van der Waals surface area contributed by atoms with E-state index >= 15 is 0 Å². The Morgan fingerprint density at radius 2 is 2.05 bits per heavy atom. The summed E-state index contributed by atoms with van der Waals surface area (Å²) in [6, 6.07) is 6.34. The Labute approximate surface area is 121 Å². The van der Waals surface area contributed by atoms with Crippen LogP contribution in [0.1, 0.15) is 26.7 Å². The molecular formula is C12H16BrNO4S. The second-order valence-electron chi connectivity index (χ2n) is 4.84. The zero-order valence-electron chi connectivity index (χ0n) is 10.7. The van der Waals surface area contributed by atoms with E-state index < -0.39 is 21.5 Å². The molecule has 0 amide bonds. The average molecular weight is 350 g/mol. The molecule has 0 fully saturated rings. The maximum atomic E-state index is 12.2. The number of carboxylic acids is 1. The summed E-state index contributed by atoms with van der Waals surface area (Å²) in [5, 5.41) is 8.65.